The standard InChI is InChI=1S/C10H14BrNO2S/c11-8-3-10(15-7-8)6-13-5-9-4-12-1-2-14-9/h3,7,9,12H,1-2,4-6H2. The predicted octanol–water partition coefficient (Wildman–Crippen LogP) is 2.02. The predicted molar refractivity (Wildman–Crippen MR) is 64.3 cm³/mol. The van der Waals surface area contributed by atoms with Crippen LogP contribution in [0, 0.1) is 0 Å². The Labute approximate surface area is 102 Å². The number of nitrogens with one attached hydrogen (secondary N) is 1. The lowest BCUT2D eigenvalue weighted by Gasteiger charge is -2.23. The Balaban J connectivity index is 1.65. The minimum atomic E-state index is 0.210. The van der Waals surface area contributed by atoms with E-state index in [0.29, 0.717) is 13.2 Å². The third kappa shape index (κ3) is 3.85. The molecule has 0 spiro atoms. The highest BCUT2D eigenvalue weighted by molar-refractivity contribution is 9.10. The van der Waals surface area contributed by atoms with E-state index in [2.05, 4.69) is 32.7 Å². The van der Waals surface area contributed by atoms with E-state index in [1.165, 1.54) is 4.88 Å². The summed E-state index contributed by atoms with van der Waals surface area (Å²) in [5, 5.41) is 5.34. The molecule has 0 amide bonds. The van der Waals surface area contributed by atoms with Gasteiger partial charge in [-0.2, -0.15) is 0 Å². The number of morpholine rings is 1. The SMILES string of the molecule is Brc1csc(COCC2CNCCO2)c1. The molecule has 1 fully saturated rings. The molecule has 0 aliphatic carbocycles. The number of rotatable bonds is 4. The fourth-order valence-electron chi connectivity index (χ4n) is 1.45. The third-order valence-corrected chi connectivity index (χ3v) is 3.85. The van der Waals surface area contributed by atoms with Crippen molar-refractivity contribution in [2.75, 3.05) is 26.3 Å². The molecule has 15 heavy (non-hydrogen) atoms. The summed E-state index contributed by atoms with van der Waals surface area (Å²) in [7, 11) is 0. The topological polar surface area (TPSA) is 30.5 Å². The van der Waals surface area contributed by atoms with Gasteiger partial charge in [0.05, 0.1) is 25.9 Å². The Morgan fingerprint density at radius 2 is 2.60 bits per heavy atom. The average molecular weight is 292 g/mol. The van der Waals surface area contributed by atoms with E-state index >= 15 is 0 Å². The van der Waals surface area contributed by atoms with Crippen LogP contribution in [-0.4, -0.2) is 32.4 Å². The van der Waals surface area contributed by atoms with E-state index in [1.54, 1.807) is 11.3 Å². The van der Waals surface area contributed by atoms with Crippen molar-refractivity contribution in [3.05, 3.63) is 20.8 Å². The number of halogens is 1. The molecule has 1 atom stereocenters. The molecule has 5 heteroatoms. The molecule has 1 N–H and O–H groups in total. The first-order valence-corrected chi connectivity index (χ1v) is 6.65. The third-order valence-electron chi connectivity index (χ3n) is 2.17. The molecule has 1 unspecified atom stereocenters. The van der Waals surface area contributed by atoms with Crippen LogP contribution >= 0.6 is 27.3 Å². The van der Waals surface area contributed by atoms with Gasteiger partial charge < -0.3 is 14.8 Å². The molecule has 84 valence electrons. The highest BCUT2D eigenvalue weighted by Crippen LogP contribution is 2.20. The maximum absolute atomic E-state index is 5.60. The van der Waals surface area contributed by atoms with Crippen LogP contribution in [0.2, 0.25) is 0 Å². The molecule has 1 saturated heterocycles. The summed E-state index contributed by atoms with van der Waals surface area (Å²) >= 11 is 5.13. The summed E-state index contributed by atoms with van der Waals surface area (Å²) < 4.78 is 12.3. The molecule has 1 aliphatic rings. The second-order valence-corrected chi connectivity index (χ2v) is 5.35. The van der Waals surface area contributed by atoms with Crippen molar-refractivity contribution in [3.63, 3.8) is 0 Å². The fourth-order valence-corrected chi connectivity index (χ4v) is 2.83. The zero-order valence-corrected chi connectivity index (χ0v) is 10.8. The van der Waals surface area contributed by atoms with Crippen LogP contribution < -0.4 is 5.32 Å². The summed E-state index contributed by atoms with van der Waals surface area (Å²) in [4.78, 5) is 1.24. The summed E-state index contributed by atoms with van der Waals surface area (Å²) in [6.07, 6.45) is 0.210. The molecule has 1 aliphatic heterocycles. The van der Waals surface area contributed by atoms with Crippen molar-refractivity contribution < 1.29 is 9.47 Å². The normalized spacial score (nSPS) is 21.8. The molecule has 2 rings (SSSR count). The summed E-state index contributed by atoms with van der Waals surface area (Å²) in [6, 6.07) is 2.09. The largest absolute Gasteiger partial charge is 0.373 e. The monoisotopic (exact) mass is 291 g/mol. The minimum Gasteiger partial charge on any atom is -0.373 e. The van der Waals surface area contributed by atoms with Crippen LogP contribution in [0.25, 0.3) is 0 Å². The summed E-state index contributed by atoms with van der Waals surface area (Å²) in [5.74, 6) is 0. The van der Waals surface area contributed by atoms with Gasteiger partial charge in [-0.1, -0.05) is 0 Å². The van der Waals surface area contributed by atoms with Gasteiger partial charge in [-0.15, -0.1) is 11.3 Å². The lowest BCUT2D eigenvalue weighted by molar-refractivity contribution is -0.0352. The van der Waals surface area contributed by atoms with E-state index in [1.807, 2.05) is 0 Å². The maximum atomic E-state index is 5.60. The lowest BCUT2D eigenvalue weighted by atomic mass is 10.3. The van der Waals surface area contributed by atoms with Crippen molar-refractivity contribution in [2.45, 2.75) is 12.7 Å². The zero-order valence-electron chi connectivity index (χ0n) is 8.37. The van der Waals surface area contributed by atoms with Crippen LogP contribution in [0.5, 0.6) is 0 Å². The summed E-state index contributed by atoms with van der Waals surface area (Å²) in [5.41, 5.74) is 0. The van der Waals surface area contributed by atoms with Crippen LogP contribution in [-0.2, 0) is 16.1 Å². The number of thiophene rings is 1. The quantitative estimate of drug-likeness (QED) is 0.921. The molecule has 0 bridgehead atoms. The van der Waals surface area contributed by atoms with E-state index in [-0.39, 0.29) is 6.10 Å². The molecule has 0 aromatic carbocycles. The van der Waals surface area contributed by atoms with Gasteiger partial charge in [0.2, 0.25) is 0 Å². The highest BCUT2D eigenvalue weighted by Gasteiger charge is 2.13. The van der Waals surface area contributed by atoms with E-state index in [0.717, 1.165) is 24.2 Å². The second-order valence-electron chi connectivity index (χ2n) is 3.44. The van der Waals surface area contributed by atoms with E-state index < -0.39 is 0 Å². The minimum absolute atomic E-state index is 0.210. The van der Waals surface area contributed by atoms with Gasteiger partial charge in [0.1, 0.15) is 0 Å². The number of ether oxygens (including phenoxy) is 2. The molecule has 1 aromatic heterocycles. The average Bonchev–Trinajstić information content (AvgIpc) is 2.66. The highest BCUT2D eigenvalue weighted by atomic mass is 79.9. The molecular weight excluding hydrogens is 278 g/mol. The molecule has 1 aromatic rings. The van der Waals surface area contributed by atoms with Crippen molar-refractivity contribution in [1.82, 2.24) is 5.32 Å². The van der Waals surface area contributed by atoms with Crippen molar-refractivity contribution in [3.8, 4) is 0 Å². The Bertz CT molecular complexity index is 299. The Hall–Kier alpha value is 0.0600. The second kappa shape index (κ2) is 5.96. The Morgan fingerprint density at radius 1 is 1.67 bits per heavy atom. The van der Waals surface area contributed by atoms with Crippen LogP contribution in [0.4, 0.5) is 0 Å². The molecular formula is C10H14BrNO2S. The summed E-state index contributed by atoms with van der Waals surface area (Å²) in [6.45, 7) is 3.99. The molecule has 2 heterocycles. The van der Waals surface area contributed by atoms with Crippen LogP contribution in [0.1, 0.15) is 4.88 Å². The van der Waals surface area contributed by atoms with Gasteiger partial charge >= 0.3 is 0 Å². The van der Waals surface area contributed by atoms with Crippen molar-refractivity contribution in [2.24, 2.45) is 0 Å². The van der Waals surface area contributed by atoms with Crippen molar-refractivity contribution in [1.29, 1.82) is 0 Å². The number of hydrogen-bond donors (Lipinski definition) is 1. The van der Waals surface area contributed by atoms with Gasteiger partial charge in [-0.3, -0.25) is 0 Å². The number of hydrogen-bond acceptors (Lipinski definition) is 4. The van der Waals surface area contributed by atoms with Gasteiger partial charge in [-0.25, -0.2) is 0 Å². The molecule has 3 nitrogen and oxygen atoms in total. The van der Waals surface area contributed by atoms with Gasteiger partial charge in [0, 0.05) is 27.8 Å². The first-order chi connectivity index (χ1) is 7.34. The van der Waals surface area contributed by atoms with Crippen molar-refractivity contribution >= 4 is 27.3 Å². The Morgan fingerprint density at radius 3 is 3.27 bits per heavy atom. The van der Waals surface area contributed by atoms with Crippen LogP contribution in [0.3, 0.4) is 0 Å². The van der Waals surface area contributed by atoms with Gasteiger partial charge in [-0.05, 0) is 22.0 Å². The first-order valence-electron chi connectivity index (χ1n) is 4.97. The van der Waals surface area contributed by atoms with Gasteiger partial charge in [0.25, 0.3) is 0 Å². The van der Waals surface area contributed by atoms with Crippen LogP contribution in [0.15, 0.2) is 15.9 Å². The Kier molecular flexibility index (Phi) is 4.59. The van der Waals surface area contributed by atoms with E-state index in [9.17, 15) is 0 Å². The molecule has 0 saturated carbocycles. The zero-order chi connectivity index (χ0) is 10.5. The smallest absolute Gasteiger partial charge is 0.0933 e. The first kappa shape index (κ1) is 11.5. The fraction of sp³-hybridized carbons (Fsp3) is 0.600. The maximum Gasteiger partial charge on any atom is 0.0933 e. The van der Waals surface area contributed by atoms with E-state index in [4.69, 9.17) is 9.47 Å². The lowest BCUT2D eigenvalue weighted by Crippen LogP contribution is -2.40. The molecule has 0 radical (unpaired) electrons. The van der Waals surface area contributed by atoms with Gasteiger partial charge in [0.15, 0.2) is 0 Å².